The van der Waals surface area contributed by atoms with Crippen molar-refractivity contribution in [1.82, 2.24) is 0 Å². The van der Waals surface area contributed by atoms with E-state index in [0.717, 1.165) is 11.3 Å². The third-order valence-electron chi connectivity index (χ3n) is 4.46. The van der Waals surface area contributed by atoms with E-state index in [1.165, 1.54) is 7.11 Å². The van der Waals surface area contributed by atoms with Gasteiger partial charge in [-0.1, -0.05) is 19.9 Å². The topological polar surface area (TPSA) is 100 Å². The SMILES string of the molecule is CCOC(=O)c1c(NC(=O)Cc2ccc(OC)cc2OC)sc(C(=O)OCC(C)C)c1C. The minimum atomic E-state index is -0.610. The highest BCUT2D eigenvalue weighted by atomic mass is 32.1. The summed E-state index contributed by atoms with van der Waals surface area (Å²) in [5.41, 5.74) is 1.22. The summed E-state index contributed by atoms with van der Waals surface area (Å²) in [6.45, 7) is 7.60. The summed E-state index contributed by atoms with van der Waals surface area (Å²) in [6, 6.07) is 5.15. The van der Waals surface area contributed by atoms with Crippen LogP contribution in [0.3, 0.4) is 0 Å². The van der Waals surface area contributed by atoms with Gasteiger partial charge in [0.05, 0.1) is 39.4 Å². The number of rotatable bonds is 10. The average molecular weight is 464 g/mol. The van der Waals surface area contributed by atoms with Gasteiger partial charge in [-0.2, -0.15) is 0 Å². The number of benzene rings is 1. The van der Waals surface area contributed by atoms with Crippen molar-refractivity contribution in [3.8, 4) is 11.5 Å². The second-order valence-corrected chi connectivity index (χ2v) is 8.40. The Hall–Kier alpha value is -3.07. The quantitative estimate of drug-likeness (QED) is 0.526. The van der Waals surface area contributed by atoms with Crippen LogP contribution in [0, 0.1) is 12.8 Å². The fourth-order valence-electron chi connectivity index (χ4n) is 2.89. The second kappa shape index (κ2) is 11.5. The standard InChI is InChI=1S/C23H29NO7S/c1-7-30-22(26)19-14(4)20(23(27)31-12-13(2)3)32-21(19)24-18(25)10-15-8-9-16(28-5)11-17(15)29-6/h8-9,11,13H,7,10,12H2,1-6H3,(H,24,25). The van der Waals surface area contributed by atoms with E-state index >= 15 is 0 Å². The third kappa shape index (κ3) is 6.23. The van der Waals surface area contributed by atoms with Crippen molar-refractivity contribution in [3.63, 3.8) is 0 Å². The maximum Gasteiger partial charge on any atom is 0.348 e. The number of carbonyl (C=O) groups is 3. The molecule has 2 aromatic rings. The van der Waals surface area contributed by atoms with Gasteiger partial charge in [0.1, 0.15) is 21.4 Å². The predicted molar refractivity (Wildman–Crippen MR) is 122 cm³/mol. The molecule has 0 unspecified atom stereocenters. The van der Waals surface area contributed by atoms with Gasteiger partial charge in [-0.15, -0.1) is 11.3 Å². The van der Waals surface area contributed by atoms with E-state index in [0.29, 0.717) is 22.6 Å². The van der Waals surface area contributed by atoms with Crippen molar-refractivity contribution in [2.75, 3.05) is 32.8 Å². The number of amides is 1. The lowest BCUT2D eigenvalue weighted by atomic mass is 10.1. The molecule has 9 heteroatoms. The zero-order valence-electron chi connectivity index (χ0n) is 19.2. The van der Waals surface area contributed by atoms with Crippen LogP contribution in [0.25, 0.3) is 0 Å². The summed E-state index contributed by atoms with van der Waals surface area (Å²) in [6.07, 6.45) is -0.000486. The van der Waals surface area contributed by atoms with Crippen LogP contribution in [0.4, 0.5) is 5.00 Å². The summed E-state index contributed by atoms with van der Waals surface area (Å²) in [5, 5.41) is 2.99. The fourth-order valence-corrected chi connectivity index (χ4v) is 4.00. The number of hydrogen-bond acceptors (Lipinski definition) is 8. The lowest BCUT2D eigenvalue weighted by Crippen LogP contribution is -2.17. The van der Waals surface area contributed by atoms with Crippen molar-refractivity contribution in [1.29, 1.82) is 0 Å². The van der Waals surface area contributed by atoms with E-state index in [1.54, 1.807) is 39.2 Å². The summed E-state index contributed by atoms with van der Waals surface area (Å²) in [4.78, 5) is 38.1. The number of anilines is 1. The van der Waals surface area contributed by atoms with Crippen LogP contribution in [0.2, 0.25) is 0 Å². The first kappa shape index (κ1) is 25.2. The van der Waals surface area contributed by atoms with Crippen LogP contribution in [0.15, 0.2) is 18.2 Å². The molecule has 0 aliphatic carbocycles. The molecule has 1 aromatic carbocycles. The molecule has 0 aliphatic heterocycles. The van der Waals surface area contributed by atoms with Gasteiger partial charge in [0.2, 0.25) is 5.91 Å². The van der Waals surface area contributed by atoms with Crippen LogP contribution in [-0.4, -0.2) is 45.3 Å². The van der Waals surface area contributed by atoms with Gasteiger partial charge in [-0.25, -0.2) is 9.59 Å². The van der Waals surface area contributed by atoms with Crippen molar-refractivity contribution in [3.05, 3.63) is 39.8 Å². The van der Waals surface area contributed by atoms with Gasteiger partial charge < -0.3 is 24.3 Å². The Morgan fingerprint density at radius 2 is 1.78 bits per heavy atom. The molecule has 0 aliphatic rings. The van der Waals surface area contributed by atoms with E-state index in [1.807, 2.05) is 13.8 Å². The molecular weight excluding hydrogens is 434 g/mol. The van der Waals surface area contributed by atoms with Crippen LogP contribution in [0.1, 0.15) is 51.9 Å². The van der Waals surface area contributed by atoms with E-state index in [9.17, 15) is 14.4 Å². The molecule has 1 amide bonds. The molecule has 0 radical (unpaired) electrons. The van der Waals surface area contributed by atoms with Gasteiger partial charge in [-0.3, -0.25) is 4.79 Å². The van der Waals surface area contributed by atoms with Crippen molar-refractivity contribution < 1.29 is 33.3 Å². The van der Waals surface area contributed by atoms with Crippen LogP contribution < -0.4 is 14.8 Å². The highest BCUT2D eigenvalue weighted by Crippen LogP contribution is 2.35. The number of nitrogens with one attached hydrogen (secondary N) is 1. The molecule has 32 heavy (non-hydrogen) atoms. The first-order valence-corrected chi connectivity index (χ1v) is 11.0. The van der Waals surface area contributed by atoms with Crippen LogP contribution >= 0.6 is 11.3 Å². The Bertz CT molecular complexity index is 981. The molecule has 0 spiro atoms. The smallest absolute Gasteiger partial charge is 0.348 e. The minimum Gasteiger partial charge on any atom is -0.497 e. The lowest BCUT2D eigenvalue weighted by Gasteiger charge is -2.11. The van der Waals surface area contributed by atoms with E-state index in [2.05, 4.69) is 5.32 Å². The first-order chi connectivity index (χ1) is 15.2. The Morgan fingerprint density at radius 3 is 2.38 bits per heavy atom. The van der Waals surface area contributed by atoms with Gasteiger partial charge in [0.15, 0.2) is 0 Å². The van der Waals surface area contributed by atoms with Crippen molar-refractivity contribution in [2.45, 2.75) is 34.1 Å². The molecule has 1 N–H and O–H groups in total. The summed E-state index contributed by atoms with van der Waals surface area (Å²) < 4.78 is 21.0. The monoisotopic (exact) mass is 463 g/mol. The fraction of sp³-hybridized carbons (Fsp3) is 0.435. The summed E-state index contributed by atoms with van der Waals surface area (Å²) in [5.74, 6) is -0.241. The zero-order chi connectivity index (χ0) is 23.8. The maximum absolute atomic E-state index is 12.8. The molecule has 0 saturated carbocycles. The molecular formula is C23H29NO7S. The lowest BCUT2D eigenvalue weighted by molar-refractivity contribution is -0.115. The molecule has 0 atom stereocenters. The van der Waals surface area contributed by atoms with E-state index < -0.39 is 11.9 Å². The van der Waals surface area contributed by atoms with E-state index in [-0.39, 0.29) is 46.9 Å². The number of esters is 2. The first-order valence-electron chi connectivity index (χ1n) is 10.2. The third-order valence-corrected chi connectivity index (χ3v) is 5.64. The largest absolute Gasteiger partial charge is 0.497 e. The van der Waals surface area contributed by atoms with Gasteiger partial charge >= 0.3 is 11.9 Å². The molecule has 0 fully saturated rings. The second-order valence-electron chi connectivity index (χ2n) is 7.38. The number of ether oxygens (including phenoxy) is 4. The molecule has 1 aromatic heterocycles. The zero-order valence-corrected chi connectivity index (χ0v) is 20.0. The van der Waals surface area contributed by atoms with Gasteiger partial charge in [0, 0.05) is 11.6 Å². The molecule has 1 heterocycles. The number of carbonyl (C=O) groups excluding carboxylic acids is 3. The minimum absolute atomic E-state index is 0.000486. The van der Waals surface area contributed by atoms with Crippen LogP contribution in [0.5, 0.6) is 11.5 Å². The number of thiophene rings is 1. The number of hydrogen-bond donors (Lipinski definition) is 1. The predicted octanol–water partition coefficient (Wildman–Crippen LogP) is 4.24. The summed E-state index contributed by atoms with van der Waals surface area (Å²) in [7, 11) is 3.05. The van der Waals surface area contributed by atoms with Crippen molar-refractivity contribution >= 4 is 34.2 Å². The molecule has 2 rings (SSSR count). The Morgan fingerprint density at radius 1 is 1.06 bits per heavy atom. The van der Waals surface area contributed by atoms with Crippen molar-refractivity contribution in [2.24, 2.45) is 5.92 Å². The molecule has 0 saturated heterocycles. The normalized spacial score (nSPS) is 10.6. The van der Waals surface area contributed by atoms with Gasteiger partial charge in [0.25, 0.3) is 0 Å². The molecule has 0 bridgehead atoms. The van der Waals surface area contributed by atoms with Crippen LogP contribution in [-0.2, 0) is 20.7 Å². The highest BCUT2D eigenvalue weighted by Gasteiger charge is 2.27. The average Bonchev–Trinajstić information content (AvgIpc) is 3.07. The Labute approximate surface area is 191 Å². The van der Waals surface area contributed by atoms with Gasteiger partial charge in [-0.05, 0) is 31.4 Å². The highest BCUT2D eigenvalue weighted by molar-refractivity contribution is 7.18. The van der Waals surface area contributed by atoms with E-state index in [4.69, 9.17) is 18.9 Å². The Balaban J connectivity index is 2.31. The Kier molecular flexibility index (Phi) is 9.07. The number of methoxy groups -OCH3 is 2. The molecule has 174 valence electrons. The molecule has 8 nitrogen and oxygen atoms in total. The summed E-state index contributed by atoms with van der Waals surface area (Å²) >= 11 is 0.996. The maximum atomic E-state index is 12.8.